The van der Waals surface area contributed by atoms with Gasteiger partial charge in [0.1, 0.15) is 12.0 Å². The normalized spacial score (nSPS) is 10.1. The van der Waals surface area contributed by atoms with Crippen LogP contribution in [0, 0.1) is 0 Å². The van der Waals surface area contributed by atoms with Crippen LogP contribution in [0.15, 0.2) is 36.4 Å². The molecule has 7 heteroatoms. The highest BCUT2D eigenvalue weighted by Gasteiger charge is 2.10. The zero-order valence-electron chi connectivity index (χ0n) is 11.1. The van der Waals surface area contributed by atoms with Crippen LogP contribution in [0.2, 0.25) is 15.1 Å². The van der Waals surface area contributed by atoms with Crippen molar-refractivity contribution < 1.29 is 14.3 Å². The van der Waals surface area contributed by atoms with Gasteiger partial charge in [-0.1, -0.05) is 46.9 Å². The molecule has 0 aliphatic carbocycles. The number of hydrogen-bond donors (Lipinski definition) is 1. The number of aldehydes is 1. The number of benzene rings is 2. The molecule has 0 saturated heterocycles. The van der Waals surface area contributed by atoms with Gasteiger partial charge in [0.2, 0.25) is 0 Å². The van der Waals surface area contributed by atoms with Crippen LogP contribution in [0.1, 0.15) is 10.4 Å². The van der Waals surface area contributed by atoms with E-state index in [-0.39, 0.29) is 16.7 Å². The number of halogens is 3. The first-order valence-electron chi connectivity index (χ1n) is 6.12. The van der Waals surface area contributed by atoms with Crippen molar-refractivity contribution in [3.8, 4) is 5.75 Å². The highest BCUT2D eigenvalue weighted by atomic mass is 35.5. The van der Waals surface area contributed by atoms with Gasteiger partial charge in [0.05, 0.1) is 20.8 Å². The lowest BCUT2D eigenvalue weighted by Gasteiger charge is -2.10. The predicted molar refractivity (Wildman–Crippen MR) is 87.4 cm³/mol. The summed E-state index contributed by atoms with van der Waals surface area (Å²) in [5.74, 6) is -0.00298. The third-order valence-electron chi connectivity index (χ3n) is 2.65. The fourth-order valence-corrected chi connectivity index (χ4v) is 2.23. The van der Waals surface area contributed by atoms with E-state index < -0.39 is 5.91 Å². The quantitative estimate of drug-likeness (QED) is 0.633. The molecule has 0 radical (unpaired) electrons. The fourth-order valence-electron chi connectivity index (χ4n) is 1.63. The molecule has 2 aromatic rings. The van der Waals surface area contributed by atoms with Gasteiger partial charge in [-0.15, -0.1) is 0 Å². The minimum Gasteiger partial charge on any atom is -0.484 e. The zero-order chi connectivity index (χ0) is 16.1. The van der Waals surface area contributed by atoms with Gasteiger partial charge >= 0.3 is 0 Å². The monoisotopic (exact) mass is 357 g/mol. The second kappa shape index (κ2) is 7.49. The summed E-state index contributed by atoms with van der Waals surface area (Å²) in [5.41, 5.74) is 0.803. The van der Waals surface area contributed by atoms with Crippen LogP contribution >= 0.6 is 34.8 Å². The number of carbonyl (C=O) groups excluding carboxylic acids is 2. The van der Waals surface area contributed by atoms with E-state index >= 15 is 0 Å². The Morgan fingerprint density at radius 3 is 2.55 bits per heavy atom. The van der Waals surface area contributed by atoms with Gasteiger partial charge in [-0.25, -0.2) is 0 Å². The average molecular weight is 359 g/mol. The van der Waals surface area contributed by atoms with Gasteiger partial charge in [-0.3, -0.25) is 9.59 Å². The van der Waals surface area contributed by atoms with E-state index in [1.54, 1.807) is 18.2 Å². The van der Waals surface area contributed by atoms with E-state index in [1.165, 1.54) is 18.2 Å². The van der Waals surface area contributed by atoms with Gasteiger partial charge in [-0.05, 0) is 24.3 Å². The van der Waals surface area contributed by atoms with E-state index in [4.69, 9.17) is 39.5 Å². The zero-order valence-corrected chi connectivity index (χ0v) is 13.4. The maximum atomic E-state index is 11.8. The van der Waals surface area contributed by atoms with E-state index in [0.29, 0.717) is 28.3 Å². The van der Waals surface area contributed by atoms with E-state index in [0.717, 1.165) is 0 Å². The van der Waals surface area contributed by atoms with Gasteiger partial charge in [0, 0.05) is 5.56 Å². The Balaban J connectivity index is 1.98. The summed E-state index contributed by atoms with van der Waals surface area (Å²) < 4.78 is 5.30. The molecule has 0 fully saturated rings. The van der Waals surface area contributed by atoms with Crippen LogP contribution in [0.3, 0.4) is 0 Å². The summed E-state index contributed by atoms with van der Waals surface area (Å²) >= 11 is 17.6. The molecule has 2 rings (SSSR count). The minimum absolute atomic E-state index is 0.237. The van der Waals surface area contributed by atoms with Crippen LogP contribution in [-0.4, -0.2) is 18.8 Å². The molecule has 0 atom stereocenters. The largest absolute Gasteiger partial charge is 0.484 e. The molecule has 22 heavy (non-hydrogen) atoms. The van der Waals surface area contributed by atoms with Gasteiger partial charge in [0.15, 0.2) is 6.61 Å². The number of ether oxygens (including phenoxy) is 1. The Kier molecular flexibility index (Phi) is 5.66. The van der Waals surface area contributed by atoms with Crippen LogP contribution in [0.25, 0.3) is 0 Å². The second-order valence-corrected chi connectivity index (χ2v) is 5.49. The SMILES string of the molecule is O=Cc1cccc(OCC(=O)Nc2cc(Cl)c(Cl)cc2Cl)c1. The van der Waals surface area contributed by atoms with Crippen molar-refractivity contribution >= 4 is 52.7 Å². The van der Waals surface area contributed by atoms with Gasteiger partial charge in [-0.2, -0.15) is 0 Å². The van der Waals surface area contributed by atoms with Crippen molar-refractivity contribution in [1.82, 2.24) is 0 Å². The molecule has 2 aromatic carbocycles. The van der Waals surface area contributed by atoms with Crippen molar-refractivity contribution in [1.29, 1.82) is 0 Å². The lowest BCUT2D eigenvalue weighted by molar-refractivity contribution is -0.118. The van der Waals surface area contributed by atoms with Gasteiger partial charge in [0.25, 0.3) is 5.91 Å². The first kappa shape index (κ1) is 16.6. The Morgan fingerprint density at radius 1 is 1.09 bits per heavy atom. The topological polar surface area (TPSA) is 55.4 Å². The molecule has 0 unspecified atom stereocenters. The Hall–Kier alpha value is -1.75. The molecule has 1 N–H and O–H groups in total. The highest BCUT2D eigenvalue weighted by Crippen LogP contribution is 2.32. The first-order chi connectivity index (χ1) is 10.5. The summed E-state index contributed by atoms with van der Waals surface area (Å²) in [7, 11) is 0. The molecule has 0 spiro atoms. The molecule has 0 bridgehead atoms. The molecule has 114 valence electrons. The maximum Gasteiger partial charge on any atom is 0.262 e. The Labute approximate surface area is 141 Å². The summed E-state index contributed by atoms with van der Waals surface area (Å²) in [6.07, 6.45) is 0.697. The summed E-state index contributed by atoms with van der Waals surface area (Å²) in [4.78, 5) is 22.5. The standard InChI is InChI=1S/C15H10Cl3NO3/c16-11-5-13(18)14(6-12(11)17)19-15(21)8-22-10-3-1-2-9(4-10)7-20/h1-7H,8H2,(H,19,21). The molecule has 1 amide bonds. The van der Waals surface area contributed by atoms with Crippen molar-refractivity contribution in [3.05, 3.63) is 57.0 Å². The molecule has 0 aliphatic heterocycles. The van der Waals surface area contributed by atoms with Crippen LogP contribution < -0.4 is 10.1 Å². The summed E-state index contributed by atoms with van der Waals surface area (Å²) in [6, 6.07) is 9.37. The number of anilines is 1. The third kappa shape index (κ3) is 4.37. The summed E-state index contributed by atoms with van der Waals surface area (Å²) in [5, 5.41) is 3.41. The highest BCUT2D eigenvalue weighted by molar-refractivity contribution is 6.44. The lowest BCUT2D eigenvalue weighted by atomic mass is 10.2. The molecular formula is C15H10Cl3NO3. The lowest BCUT2D eigenvalue weighted by Crippen LogP contribution is -2.20. The molecular weight excluding hydrogens is 349 g/mol. The van der Waals surface area contributed by atoms with Crippen molar-refractivity contribution in [3.63, 3.8) is 0 Å². The molecule has 0 heterocycles. The smallest absolute Gasteiger partial charge is 0.262 e. The second-order valence-electron chi connectivity index (χ2n) is 4.27. The molecule has 4 nitrogen and oxygen atoms in total. The first-order valence-corrected chi connectivity index (χ1v) is 7.25. The average Bonchev–Trinajstić information content (AvgIpc) is 2.51. The predicted octanol–water partition coefficient (Wildman–Crippen LogP) is 4.48. The number of hydrogen-bond acceptors (Lipinski definition) is 3. The minimum atomic E-state index is -0.420. The van der Waals surface area contributed by atoms with E-state index in [9.17, 15) is 9.59 Å². The number of nitrogens with one attached hydrogen (secondary N) is 1. The fraction of sp³-hybridized carbons (Fsp3) is 0.0667. The molecule has 0 aromatic heterocycles. The number of carbonyl (C=O) groups is 2. The molecule has 0 aliphatic rings. The molecule has 0 saturated carbocycles. The third-order valence-corrected chi connectivity index (χ3v) is 3.68. The van der Waals surface area contributed by atoms with E-state index in [2.05, 4.69) is 5.32 Å². The van der Waals surface area contributed by atoms with Crippen LogP contribution in [-0.2, 0) is 4.79 Å². The Bertz CT molecular complexity index is 719. The number of rotatable bonds is 5. The van der Waals surface area contributed by atoms with Gasteiger partial charge < -0.3 is 10.1 Å². The maximum absolute atomic E-state index is 11.8. The van der Waals surface area contributed by atoms with Crippen molar-refractivity contribution in [2.45, 2.75) is 0 Å². The van der Waals surface area contributed by atoms with Crippen LogP contribution in [0.5, 0.6) is 5.75 Å². The van der Waals surface area contributed by atoms with Crippen molar-refractivity contribution in [2.75, 3.05) is 11.9 Å². The number of amides is 1. The van der Waals surface area contributed by atoms with E-state index in [1.807, 2.05) is 0 Å². The Morgan fingerprint density at radius 2 is 1.82 bits per heavy atom. The van der Waals surface area contributed by atoms with Crippen LogP contribution in [0.4, 0.5) is 5.69 Å². The summed E-state index contributed by atoms with van der Waals surface area (Å²) in [6.45, 7) is -0.237. The van der Waals surface area contributed by atoms with Crippen molar-refractivity contribution in [2.24, 2.45) is 0 Å².